The van der Waals surface area contributed by atoms with Crippen LogP contribution in [-0.4, -0.2) is 75.5 Å². The number of carbonyl (C=O) groups excluding carboxylic acids is 2. The highest BCUT2D eigenvalue weighted by atomic mass is 16.6. The molecule has 0 aromatic heterocycles. The minimum Gasteiger partial charge on any atom is -0.507 e. The number of likely N-dealkylation sites (tertiary alicyclic amines) is 1. The van der Waals surface area contributed by atoms with Crippen molar-refractivity contribution in [2.45, 2.75) is 25.0 Å². The van der Waals surface area contributed by atoms with Gasteiger partial charge in [0, 0.05) is 18.7 Å². The summed E-state index contributed by atoms with van der Waals surface area (Å²) in [5.41, 5.74) is 0.802. The average Bonchev–Trinajstić information content (AvgIpc) is 3.53. The van der Waals surface area contributed by atoms with Gasteiger partial charge >= 0.3 is 0 Å². The summed E-state index contributed by atoms with van der Waals surface area (Å²) >= 11 is 0. The van der Waals surface area contributed by atoms with E-state index in [1.54, 1.807) is 30.3 Å². The van der Waals surface area contributed by atoms with Crippen LogP contribution in [0.15, 0.2) is 35.9 Å². The average molecular weight is 512 g/mol. The summed E-state index contributed by atoms with van der Waals surface area (Å²) in [6, 6.07) is 7.34. The number of benzene rings is 2. The topological polar surface area (TPSA) is 113 Å². The van der Waals surface area contributed by atoms with Gasteiger partial charge in [0.05, 0.1) is 39.0 Å². The lowest BCUT2D eigenvalue weighted by molar-refractivity contribution is -0.140. The Hall–Kier alpha value is -3.92. The van der Waals surface area contributed by atoms with Crippen LogP contribution in [-0.2, 0) is 14.3 Å². The number of nitrogens with zero attached hydrogens (tertiary/aromatic N) is 1. The van der Waals surface area contributed by atoms with Crippen LogP contribution < -0.4 is 23.7 Å². The molecule has 2 aromatic carbocycles. The third-order valence-corrected chi connectivity index (χ3v) is 6.78. The number of fused-ring (bicyclic) bond motifs is 1. The number of rotatable bonds is 7. The van der Waals surface area contributed by atoms with Gasteiger partial charge in [0.2, 0.25) is 5.75 Å². The van der Waals surface area contributed by atoms with Crippen molar-refractivity contribution in [3.8, 4) is 28.7 Å². The third kappa shape index (κ3) is 4.42. The first-order valence-corrected chi connectivity index (χ1v) is 12.1. The number of hydrogen-bond donors (Lipinski definition) is 1. The molecular weight excluding hydrogens is 482 g/mol. The molecule has 0 aliphatic carbocycles. The zero-order valence-corrected chi connectivity index (χ0v) is 20.9. The molecule has 0 spiro atoms. The fraction of sp³-hybridized carbons (Fsp3) is 0.407. The maximum atomic E-state index is 13.4. The van der Waals surface area contributed by atoms with Gasteiger partial charge < -0.3 is 38.4 Å². The molecule has 2 atom stereocenters. The normalized spacial score (nSPS) is 22.3. The van der Waals surface area contributed by atoms with E-state index in [1.807, 2.05) is 0 Å². The zero-order chi connectivity index (χ0) is 26.1. The summed E-state index contributed by atoms with van der Waals surface area (Å²) in [6.45, 7) is 1.59. The van der Waals surface area contributed by atoms with Gasteiger partial charge in [-0.3, -0.25) is 9.59 Å². The lowest BCUT2D eigenvalue weighted by atomic mass is 9.94. The van der Waals surface area contributed by atoms with Crippen LogP contribution in [0.4, 0.5) is 0 Å². The molecule has 1 amide bonds. The molecule has 10 heteroatoms. The van der Waals surface area contributed by atoms with E-state index in [1.165, 1.54) is 26.2 Å². The number of aliphatic hydroxyl groups is 1. The highest BCUT2D eigenvalue weighted by Crippen LogP contribution is 2.46. The SMILES string of the molecule is COc1cc([C@H]2C(=C(O)c3ccc4c(c3)OCCO4)C(=O)C(=O)N2C[C@H]2CCCO2)cc(OC)c1OC. The second-order valence-corrected chi connectivity index (χ2v) is 8.90. The van der Waals surface area contributed by atoms with Gasteiger partial charge in [-0.05, 0) is 48.7 Å². The summed E-state index contributed by atoms with van der Waals surface area (Å²) in [7, 11) is 4.46. The van der Waals surface area contributed by atoms with Gasteiger partial charge in [-0.2, -0.15) is 0 Å². The molecular formula is C27H29NO9. The van der Waals surface area contributed by atoms with E-state index in [9.17, 15) is 14.7 Å². The maximum absolute atomic E-state index is 13.4. The van der Waals surface area contributed by atoms with Crippen LogP contribution in [0.3, 0.4) is 0 Å². The third-order valence-electron chi connectivity index (χ3n) is 6.78. The van der Waals surface area contributed by atoms with Crippen LogP contribution in [0.1, 0.15) is 30.0 Å². The summed E-state index contributed by atoms with van der Waals surface area (Å²) in [5.74, 6) is 0.270. The van der Waals surface area contributed by atoms with Crippen molar-refractivity contribution in [1.82, 2.24) is 4.90 Å². The number of hydrogen-bond acceptors (Lipinski definition) is 9. The van der Waals surface area contributed by atoms with Gasteiger partial charge in [-0.25, -0.2) is 0 Å². The summed E-state index contributed by atoms with van der Waals surface area (Å²) in [5, 5.41) is 11.4. The fourth-order valence-corrected chi connectivity index (χ4v) is 5.03. The van der Waals surface area contributed by atoms with Gasteiger partial charge in [0.15, 0.2) is 23.0 Å². The standard InChI is InChI=1S/C27H29NO9/c1-32-20-12-16(13-21(33-2)26(20)34-3)23-22(25(30)27(31)28(23)14-17-5-4-8-35-17)24(29)15-6-7-18-19(11-15)37-10-9-36-18/h6-7,11-13,17,23,29H,4-5,8-10,14H2,1-3H3/t17-,23+/m1/s1. The predicted molar refractivity (Wildman–Crippen MR) is 132 cm³/mol. The Balaban J connectivity index is 1.66. The first-order valence-electron chi connectivity index (χ1n) is 12.1. The van der Waals surface area contributed by atoms with Crippen molar-refractivity contribution in [3.63, 3.8) is 0 Å². The summed E-state index contributed by atoms with van der Waals surface area (Å²) < 4.78 is 33.5. The molecule has 3 heterocycles. The van der Waals surface area contributed by atoms with Crippen molar-refractivity contribution in [3.05, 3.63) is 47.0 Å². The first kappa shape index (κ1) is 24.8. The van der Waals surface area contributed by atoms with Crippen LogP contribution in [0.5, 0.6) is 28.7 Å². The minimum absolute atomic E-state index is 0.0473. The minimum atomic E-state index is -0.911. The van der Waals surface area contributed by atoms with E-state index in [4.69, 9.17) is 28.4 Å². The largest absolute Gasteiger partial charge is 0.507 e. The Morgan fingerprint density at radius 1 is 0.973 bits per heavy atom. The Morgan fingerprint density at radius 3 is 2.30 bits per heavy atom. The van der Waals surface area contributed by atoms with E-state index in [-0.39, 0.29) is 24.0 Å². The molecule has 3 aliphatic rings. The number of carbonyl (C=O) groups is 2. The monoisotopic (exact) mass is 511 g/mol. The van der Waals surface area contributed by atoms with Gasteiger partial charge in [-0.15, -0.1) is 0 Å². The molecule has 3 aliphatic heterocycles. The number of ether oxygens (including phenoxy) is 6. The molecule has 0 unspecified atom stereocenters. The quantitative estimate of drug-likeness (QED) is 0.340. The Morgan fingerprint density at radius 2 is 1.68 bits per heavy atom. The molecule has 2 saturated heterocycles. The highest BCUT2D eigenvalue weighted by Gasteiger charge is 2.47. The second-order valence-electron chi connectivity index (χ2n) is 8.90. The van der Waals surface area contributed by atoms with E-state index in [2.05, 4.69) is 0 Å². The molecule has 2 fully saturated rings. The van der Waals surface area contributed by atoms with Crippen molar-refractivity contribution >= 4 is 17.4 Å². The number of Topliss-reactive ketones (excluding diaryl/α,β-unsaturated/α-hetero) is 1. The van der Waals surface area contributed by atoms with Gasteiger partial charge in [-0.1, -0.05) is 0 Å². The van der Waals surface area contributed by atoms with E-state index in [0.29, 0.717) is 59.7 Å². The van der Waals surface area contributed by atoms with Gasteiger partial charge in [0.1, 0.15) is 19.0 Å². The van der Waals surface area contributed by atoms with Crippen molar-refractivity contribution in [2.75, 3.05) is 47.7 Å². The van der Waals surface area contributed by atoms with Crippen LogP contribution in [0.2, 0.25) is 0 Å². The van der Waals surface area contributed by atoms with E-state index < -0.39 is 17.7 Å². The molecule has 196 valence electrons. The second kappa shape index (κ2) is 10.2. The molecule has 10 nitrogen and oxygen atoms in total. The molecule has 0 radical (unpaired) electrons. The molecule has 0 saturated carbocycles. The number of aliphatic hydroxyl groups excluding tert-OH is 1. The van der Waals surface area contributed by atoms with Crippen molar-refractivity contribution in [1.29, 1.82) is 0 Å². The lowest BCUT2D eigenvalue weighted by Crippen LogP contribution is -2.36. The maximum Gasteiger partial charge on any atom is 0.295 e. The van der Waals surface area contributed by atoms with Crippen molar-refractivity contribution < 1.29 is 43.1 Å². The van der Waals surface area contributed by atoms with Crippen LogP contribution in [0, 0.1) is 0 Å². The Labute approximate surface area is 214 Å². The number of amides is 1. The van der Waals surface area contributed by atoms with Gasteiger partial charge in [0.25, 0.3) is 11.7 Å². The van der Waals surface area contributed by atoms with Crippen LogP contribution in [0.25, 0.3) is 5.76 Å². The summed E-state index contributed by atoms with van der Waals surface area (Å²) in [6.07, 6.45) is 1.44. The van der Waals surface area contributed by atoms with E-state index in [0.717, 1.165) is 12.8 Å². The molecule has 1 N–H and O–H groups in total. The fourth-order valence-electron chi connectivity index (χ4n) is 5.03. The van der Waals surface area contributed by atoms with Crippen LogP contribution >= 0.6 is 0 Å². The number of ketones is 1. The molecule has 5 rings (SSSR count). The zero-order valence-electron chi connectivity index (χ0n) is 20.9. The molecule has 0 bridgehead atoms. The molecule has 37 heavy (non-hydrogen) atoms. The van der Waals surface area contributed by atoms with Crippen molar-refractivity contribution in [2.24, 2.45) is 0 Å². The smallest absolute Gasteiger partial charge is 0.295 e. The first-order chi connectivity index (χ1) is 18.0. The summed E-state index contributed by atoms with van der Waals surface area (Å²) in [4.78, 5) is 28.2. The Bertz CT molecular complexity index is 1220. The number of methoxy groups -OCH3 is 3. The molecule has 2 aromatic rings. The van der Waals surface area contributed by atoms with E-state index >= 15 is 0 Å². The highest BCUT2D eigenvalue weighted by molar-refractivity contribution is 6.46. The lowest BCUT2D eigenvalue weighted by Gasteiger charge is -2.28. The Kier molecular flexibility index (Phi) is 6.84. The predicted octanol–water partition coefficient (Wildman–Crippen LogP) is 3.08.